The van der Waals surface area contributed by atoms with Crippen molar-refractivity contribution in [2.45, 2.75) is 47.3 Å². The van der Waals surface area contributed by atoms with Crippen LogP contribution in [0.15, 0.2) is 10.6 Å². The quantitative estimate of drug-likeness (QED) is 0.795. The Bertz CT molecular complexity index is 797. The molecule has 1 saturated heterocycles. The molecule has 1 aliphatic heterocycles. The molecule has 1 aromatic carbocycles. The molecular weight excluding hydrogens is 318 g/mol. The highest BCUT2D eigenvalue weighted by atomic mass is 16.5. The third-order valence-corrected chi connectivity index (χ3v) is 4.85. The van der Waals surface area contributed by atoms with E-state index in [1.165, 1.54) is 11.1 Å². The number of Topliss-reactive ketones (excluding diaryl/α,β-unsaturated/α-hetero) is 1. The number of benzene rings is 1. The van der Waals surface area contributed by atoms with Gasteiger partial charge >= 0.3 is 0 Å². The van der Waals surface area contributed by atoms with E-state index in [2.05, 4.69) is 28.0 Å². The van der Waals surface area contributed by atoms with Gasteiger partial charge in [-0.25, -0.2) is 0 Å². The third-order valence-electron chi connectivity index (χ3n) is 4.85. The Morgan fingerprint density at radius 2 is 2.04 bits per heavy atom. The van der Waals surface area contributed by atoms with Crippen LogP contribution in [-0.2, 0) is 11.3 Å². The molecule has 6 nitrogen and oxygen atoms in total. The van der Waals surface area contributed by atoms with E-state index in [0.717, 1.165) is 29.8 Å². The average Bonchev–Trinajstić information content (AvgIpc) is 2.98. The Hall–Kier alpha value is -2.05. The Kier molecular flexibility index (Phi) is 5.01. The second-order valence-corrected chi connectivity index (χ2v) is 6.81. The topological polar surface area (TPSA) is 68.5 Å². The minimum atomic E-state index is -0.176. The Morgan fingerprint density at radius 1 is 1.28 bits per heavy atom. The standard InChI is InChI=1S/C19H25N3O3/c1-11-8-12(2)18(14(4)23)13(3)16(11)9-22-6-7-24-17(10-22)19-20-15(5)25-21-19/h8,17H,6-7,9-10H2,1-5H3/t17-/m1/s1. The van der Waals surface area contributed by atoms with Crippen LogP contribution in [0.3, 0.4) is 0 Å². The molecule has 3 rings (SSSR count). The lowest BCUT2D eigenvalue weighted by Crippen LogP contribution is -2.38. The van der Waals surface area contributed by atoms with E-state index in [-0.39, 0.29) is 11.9 Å². The molecule has 1 aromatic heterocycles. The van der Waals surface area contributed by atoms with Crippen molar-refractivity contribution in [2.24, 2.45) is 0 Å². The van der Waals surface area contributed by atoms with Crippen LogP contribution >= 0.6 is 0 Å². The van der Waals surface area contributed by atoms with Crippen molar-refractivity contribution in [3.8, 4) is 0 Å². The zero-order valence-electron chi connectivity index (χ0n) is 15.5. The molecule has 134 valence electrons. The van der Waals surface area contributed by atoms with Gasteiger partial charge in [0.15, 0.2) is 5.78 Å². The van der Waals surface area contributed by atoms with Gasteiger partial charge in [-0.15, -0.1) is 0 Å². The van der Waals surface area contributed by atoms with Crippen LogP contribution in [-0.4, -0.2) is 40.5 Å². The van der Waals surface area contributed by atoms with Crippen molar-refractivity contribution in [3.63, 3.8) is 0 Å². The first-order valence-electron chi connectivity index (χ1n) is 8.61. The minimum Gasteiger partial charge on any atom is -0.367 e. The maximum atomic E-state index is 12.0. The number of aromatic nitrogens is 2. The highest BCUT2D eigenvalue weighted by molar-refractivity contribution is 5.97. The van der Waals surface area contributed by atoms with E-state index in [4.69, 9.17) is 9.26 Å². The Balaban J connectivity index is 1.82. The van der Waals surface area contributed by atoms with Gasteiger partial charge in [-0.2, -0.15) is 4.98 Å². The fourth-order valence-electron chi connectivity index (χ4n) is 3.68. The van der Waals surface area contributed by atoms with Crippen LogP contribution in [0.4, 0.5) is 0 Å². The summed E-state index contributed by atoms with van der Waals surface area (Å²) in [5, 5.41) is 3.98. The van der Waals surface area contributed by atoms with Crippen LogP contribution in [0.25, 0.3) is 0 Å². The smallest absolute Gasteiger partial charge is 0.223 e. The average molecular weight is 343 g/mol. The molecule has 0 aliphatic carbocycles. The van der Waals surface area contributed by atoms with Crippen LogP contribution in [0.5, 0.6) is 0 Å². The van der Waals surface area contributed by atoms with Crippen molar-refractivity contribution < 1.29 is 14.1 Å². The van der Waals surface area contributed by atoms with Gasteiger partial charge in [0.2, 0.25) is 11.7 Å². The van der Waals surface area contributed by atoms with Crippen LogP contribution in [0, 0.1) is 27.7 Å². The first-order chi connectivity index (χ1) is 11.9. The SMILES string of the molecule is CC(=O)c1c(C)cc(C)c(CN2CCO[C@@H](c3noc(C)n3)C2)c1C. The van der Waals surface area contributed by atoms with E-state index >= 15 is 0 Å². The summed E-state index contributed by atoms with van der Waals surface area (Å²) < 4.78 is 10.9. The summed E-state index contributed by atoms with van der Waals surface area (Å²) in [5.74, 6) is 1.27. The number of hydrogen-bond acceptors (Lipinski definition) is 6. The number of ketones is 1. The van der Waals surface area contributed by atoms with Gasteiger partial charge in [0.1, 0.15) is 6.10 Å². The molecular formula is C19H25N3O3. The summed E-state index contributed by atoms with van der Waals surface area (Å²) in [6.45, 7) is 12.5. The van der Waals surface area contributed by atoms with Gasteiger partial charge < -0.3 is 9.26 Å². The van der Waals surface area contributed by atoms with Gasteiger partial charge in [0, 0.05) is 32.1 Å². The highest BCUT2D eigenvalue weighted by Crippen LogP contribution is 2.26. The number of rotatable bonds is 4. The fraction of sp³-hybridized carbons (Fsp3) is 0.526. The molecule has 0 saturated carbocycles. The van der Waals surface area contributed by atoms with Crippen molar-refractivity contribution in [3.05, 3.63) is 45.6 Å². The zero-order chi connectivity index (χ0) is 18.1. The van der Waals surface area contributed by atoms with E-state index in [1.807, 2.05) is 13.8 Å². The fourth-order valence-corrected chi connectivity index (χ4v) is 3.68. The van der Waals surface area contributed by atoms with Crippen LogP contribution < -0.4 is 0 Å². The van der Waals surface area contributed by atoms with Crippen LogP contribution in [0.1, 0.15) is 57.4 Å². The number of carbonyl (C=O) groups excluding carboxylic acids is 1. The molecule has 2 aromatic rings. The van der Waals surface area contributed by atoms with Crippen molar-refractivity contribution in [1.29, 1.82) is 0 Å². The Morgan fingerprint density at radius 3 is 2.68 bits per heavy atom. The largest absolute Gasteiger partial charge is 0.367 e. The number of hydrogen-bond donors (Lipinski definition) is 0. The molecule has 1 atom stereocenters. The molecule has 0 amide bonds. The Labute approximate surface area is 148 Å². The molecule has 6 heteroatoms. The molecule has 0 bridgehead atoms. The third kappa shape index (κ3) is 3.65. The lowest BCUT2D eigenvalue weighted by molar-refractivity contribution is -0.0381. The second-order valence-electron chi connectivity index (χ2n) is 6.81. The predicted octanol–water partition coefficient (Wildman–Crippen LogP) is 3.08. The van der Waals surface area contributed by atoms with E-state index < -0.39 is 0 Å². The van der Waals surface area contributed by atoms with E-state index in [9.17, 15) is 4.79 Å². The zero-order valence-corrected chi connectivity index (χ0v) is 15.5. The minimum absolute atomic E-state index is 0.123. The molecule has 1 fully saturated rings. The summed E-state index contributed by atoms with van der Waals surface area (Å²) in [6, 6.07) is 2.11. The summed E-state index contributed by atoms with van der Waals surface area (Å²) >= 11 is 0. The maximum absolute atomic E-state index is 12.0. The monoisotopic (exact) mass is 343 g/mol. The molecule has 0 unspecified atom stereocenters. The molecule has 0 spiro atoms. The van der Waals surface area contributed by atoms with Gasteiger partial charge in [-0.3, -0.25) is 9.69 Å². The van der Waals surface area contributed by atoms with Gasteiger partial charge in [0.25, 0.3) is 0 Å². The first kappa shape index (κ1) is 17.8. The summed E-state index contributed by atoms with van der Waals surface area (Å²) in [4.78, 5) is 18.6. The first-order valence-corrected chi connectivity index (χ1v) is 8.61. The number of aryl methyl sites for hydroxylation is 3. The number of ether oxygens (including phenoxy) is 1. The lowest BCUT2D eigenvalue weighted by atomic mass is 9.91. The number of carbonyl (C=O) groups is 1. The van der Waals surface area contributed by atoms with Gasteiger partial charge in [0.05, 0.1) is 6.61 Å². The van der Waals surface area contributed by atoms with Crippen molar-refractivity contribution >= 4 is 5.78 Å². The molecule has 2 heterocycles. The van der Waals surface area contributed by atoms with Gasteiger partial charge in [-0.05, 0) is 49.9 Å². The van der Waals surface area contributed by atoms with E-state index in [1.54, 1.807) is 13.8 Å². The summed E-state index contributed by atoms with van der Waals surface area (Å²) in [5.41, 5.74) is 5.43. The molecule has 1 aliphatic rings. The maximum Gasteiger partial charge on any atom is 0.223 e. The summed E-state index contributed by atoms with van der Waals surface area (Å²) in [7, 11) is 0. The van der Waals surface area contributed by atoms with Crippen LogP contribution in [0.2, 0.25) is 0 Å². The molecule has 0 N–H and O–H groups in total. The molecule has 25 heavy (non-hydrogen) atoms. The summed E-state index contributed by atoms with van der Waals surface area (Å²) in [6.07, 6.45) is -0.176. The van der Waals surface area contributed by atoms with Gasteiger partial charge in [-0.1, -0.05) is 11.2 Å². The predicted molar refractivity (Wildman–Crippen MR) is 93.7 cm³/mol. The number of morpholine rings is 1. The highest BCUT2D eigenvalue weighted by Gasteiger charge is 2.27. The lowest BCUT2D eigenvalue weighted by Gasteiger charge is -2.32. The second kappa shape index (κ2) is 7.06. The van der Waals surface area contributed by atoms with Crippen molar-refractivity contribution in [1.82, 2.24) is 15.0 Å². The van der Waals surface area contributed by atoms with Crippen molar-refractivity contribution in [2.75, 3.05) is 19.7 Å². The normalized spacial score (nSPS) is 18.5. The van der Waals surface area contributed by atoms with E-state index in [0.29, 0.717) is 24.9 Å². The molecule has 0 radical (unpaired) electrons. The number of nitrogens with zero attached hydrogens (tertiary/aromatic N) is 3.